The summed E-state index contributed by atoms with van der Waals surface area (Å²) in [5.41, 5.74) is 9.77. The molecule has 0 aliphatic heterocycles. The third-order valence-electron chi connectivity index (χ3n) is 3.80. The molecule has 1 aromatic heterocycles. The van der Waals surface area contributed by atoms with E-state index in [1.165, 1.54) is 0 Å². The number of fused-ring (bicyclic) bond motifs is 1. The first kappa shape index (κ1) is 15.3. The first-order valence-electron chi connectivity index (χ1n) is 7.37. The fraction of sp³-hybridized carbons (Fsp3) is 0.158. The Morgan fingerprint density at radius 1 is 1.13 bits per heavy atom. The van der Waals surface area contributed by atoms with Crippen molar-refractivity contribution in [3.63, 3.8) is 0 Å². The van der Waals surface area contributed by atoms with Gasteiger partial charge in [0.2, 0.25) is 0 Å². The number of rotatable bonds is 2. The molecule has 3 aromatic rings. The van der Waals surface area contributed by atoms with Crippen molar-refractivity contribution in [3.8, 4) is 17.6 Å². The van der Waals surface area contributed by atoms with E-state index in [4.69, 9.17) is 22.1 Å². The number of ether oxygens (including phenoxy) is 1. The summed E-state index contributed by atoms with van der Waals surface area (Å²) in [5, 5.41) is 1.69. The molecule has 1 heterocycles. The van der Waals surface area contributed by atoms with Crippen molar-refractivity contribution in [2.75, 3.05) is 12.8 Å². The molecular weight excluding hydrogens is 308 g/mol. The van der Waals surface area contributed by atoms with E-state index in [1.807, 2.05) is 42.5 Å². The predicted octanol–water partition coefficient (Wildman–Crippen LogP) is 4.31. The van der Waals surface area contributed by atoms with Crippen molar-refractivity contribution in [1.82, 2.24) is 4.57 Å². The molecule has 3 rings (SSSR count). The molecule has 2 N–H and O–H groups in total. The van der Waals surface area contributed by atoms with Crippen LogP contribution in [0, 0.1) is 11.8 Å². The van der Waals surface area contributed by atoms with Gasteiger partial charge < -0.3 is 15.0 Å². The molecule has 0 atom stereocenters. The maximum Gasteiger partial charge on any atom is 0.120 e. The summed E-state index contributed by atoms with van der Waals surface area (Å²) >= 11 is 5.90. The summed E-state index contributed by atoms with van der Waals surface area (Å²) in [5.74, 6) is 7.16. The zero-order chi connectivity index (χ0) is 16.4. The van der Waals surface area contributed by atoms with E-state index in [0.717, 1.165) is 34.5 Å². The first-order chi connectivity index (χ1) is 11.1. The molecule has 0 aliphatic carbocycles. The van der Waals surface area contributed by atoms with E-state index in [1.54, 1.807) is 7.11 Å². The Bertz CT molecular complexity index is 914. The molecule has 23 heavy (non-hydrogen) atoms. The molecular formula is C19H17ClN2O. The summed E-state index contributed by atoms with van der Waals surface area (Å²) in [4.78, 5) is 0. The van der Waals surface area contributed by atoms with Crippen LogP contribution in [-0.4, -0.2) is 11.7 Å². The Morgan fingerprint density at radius 3 is 2.52 bits per heavy atom. The zero-order valence-corrected chi connectivity index (χ0v) is 13.8. The molecule has 4 heteroatoms. The first-order valence-corrected chi connectivity index (χ1v) is 7.75. The number of methoxy groups -OCH3 is 1. The van der Waals surface area contributed by atoms with E-state index < -0.39 is 0 Å². The number of hydrogen-bond acceptors (Lipinski definition) is 2. The van der Waals surface area contributed by atoms with E-state index in [9.17, 15) is 0 Å². The van der Waals surface area contributed by atoms with Gasteiger partial charge in [0.15, 0.2) is 0 Å². The minimum Gasteiger partial charge on any atom is -0.497 e. The number of nitrogens with zero attached hydrogens (tertiary/aromatic N) is 1. The Hall–Kier alpha value is -2.57. The summed E-state index contributed by atoms with van der Waals surface area (Å²) in [6.45, 7) is 2.86. The second-order valence-corrected chi connectivity index (χ2v) is 5.58. The van der Waals surface area contributed by atoms with Crippen LogP contribution in [0.1, 0.15) is 18.2 Å². The molecule has 2 aromatic carbocycles. The summed E-state index contributed by atoms with van der Waals surface area (Å²) < 4.78 is 7.42. The van der Waals surface area contributed by atoms with Gasteiger partial charge in [-0.15, -0.1) is 0 Å². The lowest BCUT2D eigenvalue weighted by Gasteiger charge is -2.04. The van der Waals surface area contributed by atoms with Gasteiger partial charge in [-0.1, -0.05) is 17.5 Å². The average Bonchev–Trinajstić information content (AvgIpc) is 2.85. The van der Waals surface area contributed by atoms with Gasteiger partial charge in [0, 0.05) is 28.6 Å². The molecule has 0 radical (unpaired) electrons. The van der Waals surface area contributed by atoms with Gasteiger partial charge >= 0.3 is 0 Å². The maximum absolute atomic E-state index is 6.31. The number of hydrogen-bond donors (Lipinski definition) is 1. The second kappa shape index (κ2) is 6.28. The van der Waals surface area contributed by atoms with Crippen LogP contribution in [0.25, 0.3) is 10.9 Å². The third-order valence-corrected chi connectivity index (χ3v) is 4.05. The Kier molecular flexibility index (Phi) is 4.18. The molecule has 3 nitrogen and oxygen atoms in total. The fourth-order valence-electron chi connectivity index (χ4n) is 2.61. The second-order valence-electron chi connectivity index (χ2n) is 5.15. The normalized spacial score (nSPS) is 10.4. The van der Waals surface area contributed by atoms with Crippen molar-refractivity contribution in [1.29, 1.82) is 0 Å². The van der Waals surface area contributed by atoms with Gasteiger partial charge in [0.25, 0.3) is 0 Å². The number of nitrogen functional groups attached to an aromatic ring is 1. The topological polar surface area (TPSA) is 40.2 Å². The van der Waals surface area contributed by atoms with Crippen molar-refractivity contribution >= 4 is 28.2 Å². The SMILES string of the molecule is CCn1c(C#Cc2ccc(Cl)cc2)c(N)c2ccc(OC)cc21. The molecule has 0 amide bonds. The van der Waals surface area contributed by atoms with Crippen LogP contribution in [0.5, 0.6) is 5.75 Å². The van der Waals surface area contributed by atoms with Gasteiger partial charge in [-0.25, -0.2) is 0 Å². The van der Waals surface area contributed by atoms with Crippen molar-refractivity contribution in [2.45, 2.75) is 13.5 Å². The predicted molar refractivity (Wildman–Crippen MR) is 96.0 cm³/mol. The van der Waals surface area contributed by atoms with Gasteiger partial charge in [0.05, 0.1) is 18.3 Å². The molecule has 0 saturated heterocycles. The van der Waals surface area contributed by atoms with Crippen LogP contribution >= 0.6 is 11.6 Å². The summed E-state index contributed by atoms with van der Waals surface area (Å²) in [6.07, 6.45) is 0. The lowest BCUT2D eigenvalue weighted by atomic mass is 10.2. The highest BCUT2D eigenvalue weighted by Crippen LogP contribution is 2.31. The van der Waals surface area contributed by atoms with Crippen LogP contribution in [0.3, 0.4) is 0 Å². The van der Waals surface area contributed by atoms with Gasteiger partial charge in [-0.2, -0.15) is 0 Å². The van der Waals surface area contributed by atoms with E-state index in [-0.39, 0.29) is 0 Å². The van der Waals surface area contributed by atoms with E-state index in [2.05, 4.69) is 23.3 Å². The molecule has 0 unspecified atom stereocenters. The minimum absolute atomic E-state index is 0.699. The zero-order valence-electron chi connectivity index (χ0n) is 13.1. The molecule has 116 valence electrons. The minimum atomic E-state index is 0.699. The summed E-state index contributed by atoms with van der Waals surface area (Å²) in [7, 11) is 1.66. The highest BCUT2D eigenvalue weighted by Gasteiger charge is 2.13. The highest BCUT2D eigenvalue weighted by molar-refractivity contribution is 6.30. The maximum atomic E-state index is 6.31. The number of aryl methyl sites for hydroxylation is 1. The smallest absolute Gasteiger partial charge is 0.120 e. The molecule has 0 aliphatic rings. The van der Waals surface area contributed by atoms with Crippen molar-refractivity contribution in [3.05, 3.63) is 58.7 Å². The number of aromatic nitrogens is 1. The number of nitrogens with two attached hydrogens (primary N) is 1. The van der Waals surface area contributed by atoms with Crippen LogP contribution in [-0.2, 0) is 6.54 Å². The van der Waals surface area contributed by atoms with Crippen LogP contribution in [0.4, 0.5) is 5.69 Å². The lowest BCUT2D eigenvalue weighted by Crippen LogP contribution is -1.99. The number of benzene rings is 2. The monoisotopic (exact) mass is 324 g/mol. The quantitative estimate of drug-likeness (QED) is 0.714. The third kappa shape index (κ3) is 2.86. The highest BCUT2D eigenvalue weighted by atomic mass is 35.5. The Balaban J connectivity index is 2.14. The molecule has 0 bridgehead atoms. The van der Waals surface area contributed by atoms with E-state index >= 15 is 0 Å². The van der Waals surface area contributed by atoms with Gasteiger partial charge in [-0.05, 0) is 49.2 Å². The molecule has 0 saturated carbocycles. The van der Waals surface area contributed by atoms with Crippen LogP contribution in [0.2, 0.25) is 5.02 Å². The van der Waals surface area contributed by atoms with Gasteiger partial charge in [-0.3, -0.25) is 0 Å². The standard InChI is InChI=1S/C19H17ClN2O/c1-3-22-17(11-6-13-4-7-14(20)8-5-13)19(21)16-10-9-15(23-2)12-18(16)22/h4-5,7-10,12H,3,21H2,1-2H3. The number of anilines is 1. The van der Waals surface area contributed by atoms with Crippen LogP contribution < -0.4 is 10.5 Å². The van der Waals surface area contributed by atoms with Crippen molar-refractivity contribution < 1.29 is 4.74 Å². The lowest BCUT2D eigenvalue weighted by molar-refractivity contribution is 0.415. The molecule has 0 spiro atoms. The fourth-order valence-corrected chi connectivity index (χ4v) is 2.74. The number of halogens is 1. The summed E-state index contributed by atoms with van der Waals surface area (Å²) in [6, 6.07) is 13.3. The Morgan fingerprint density at radius 2 is 1.87 bits per heavy atom. The van der Waals surface area contributed by atoms with Crippen molar-refractivity contribution in [2.24, 2.45) is 0 Å². The average molecular weight is 325 g/mol. The van der Waals surface area contributed by atoms with E-state index in [0.29, 0.717) is 10.7 Å². The largest absolute Gasteiger partial charge is 0.497 e. The van der Waals surface area contributed by atoms with Gasteiger partial charge in [0.1, 0.15) is 11.4 Å². The Labute approximate surface area is 140 Å². The molecule has 0 fully saturated rings. The van der Waals surface area contributed by atoms with Crippen LogP contribution in [0.15, 0.2) is 42.5 Å².